The van der Waals surface area contributed by atoms with Gasteiger partial charge in [-0.15, -0.1) is 0 Å². The van der Waals surface area contributed by atoms with Gasteiger partial charge in [0.05, 0.1) is 6.26 Å². The van der Waals surface area contributed by atoms with E-state index in [-0.39, 0.29) is 0 Å². The fourth-order valence-corrected chi connectivity index (χ4v) is 1.35. The predicted octanol–water partition coefficient (Wildman–Crippen LogP) is 1.40. The molecule has 1 fully saturated rings. The van der Waals surface area contributed by atoms with Crippen molar-refractivity contribution in [2.24, 2.45) is 5.73 Å². The van der Waals surface area contributed by atoms with E-state index in [4.69, 9.17) is 10.2 Å². The third-order valence-corrected chi connectivity index (χ3v) is 2.14. The van der Waals surface area contributed by atoms with E-state index in [1.807, 2.05) is 13.0 Å². The molecule has 2 N–H and O–H groups in total. The molecule has 0 saturated heterocycles. The van der Waals surface area contributed by atoms with Crippen molar-refractivity contribution < 1.29 is 4.42 Å². The summed E-state index contributed by atoms with van der Waals surface area (Å²) in [5, 5.41) is 0. The van der Waals surface area contributed by atoms with Crippen LogP contribution >= 0.6 is 0 Å². The number of rotatable bonds is 1. The Balaban J connectivity index is 2.26. The second-order valence-corrected chi connectivity index (χ2v) is 2.94. The molecule has 54 valence electrons. The van der Waals surface area contributed by atoms with Gasteiger partial charge in [0.1, 0.15) is 5.76 Å². The lowest BCUT2D eigenvalue weighted by Gasteiger charge is -1.91. The van der Waals surface area contributed by atoms with Gasteiger partial charge in [0, 0.05) is 12.0 Å². The van der Waals surface area contributed by atoms with Crippen molar-refractivity contribution in [1.82, 2.24) is 0 Å². The molecule has 1 heterocycles. The van der Waals surface area contributed by atoms with Gasteiger partial charge in [-0.1, -0.05) is 0 Å². The summed E-state index contributed by atoms with van der Waals surface area (Å²) in [5.41, 5.74) is 6.98. The molecule has 2 nitrogen and oxygen atoms in total. The second-order valence-electron chi connectivity index (χ2n) is 2.94. The Morgan fingerprint density at radius 3 is 2.80 bits per heavy atom. The van der Waals surface area contributed by atoms with Crippen LogP contribution in [-0.4, -0.2) is 6.04 Å². The van der Waals surface area contributed by atoms with Crippen LogP contribution in [0.3, 0.4) is 0 Å². The smallest absolute Gasteiger partial charge is 0.104 e. The molecule has 1 aromatic rings. The molecule has 0 spiro atoms. The Labute approximate surface area is 60.0 Å². The molecule has 10 heavy (non-hydrogen) atoms. The SMILES string of the molecule is Cc1occc1C1CC1N. The molecular weight excluding hydrogens is 126 g/mol. The summed E-state index contributed by atoms with van der Waals surface area (Å²) in [6, 6.07) is 2.41. The molecule has 1 aromatic heterocycles. The van der Waals surface area contributed by atoms with E-state index in [9.17, 15) is 0 Å². The average Bonchev–Trinajstić information content (AvgIpc) is 2.42. The molecule has 1 saturated carbocycles. The van der Waals surface area contributed by atoms with Crippen LogP contribution in [0.25, 0.3) is 0 Å². The van der Waals surface area contributed by atoms with Crippen molar-refractivity contribution in [2.75, 3.05) is 0 Å². The van der Waals surface area contributed by atoms with Crippen LogP contribution in [0, 0.1) is 6.92 Å². The summed E-state index contributed by atoms with van der Waals surface area (Å²) in [5.74, 6) is 1.61. The van der Waals surface area contributed by atoms with E-state index in [0.29, 0.717) is 12.0 Å². The molecule has 2 rings (SSSR count). The number of hydrogen-bond donors (Lipinski definition) is 1. The van der Waals surface area contributed by atoms with Crippen LogP contribution < -0.4 is 5.73 Å². The zero-order valence-electron chi connectivity index (χ0n) is 6.00. The lowest BCUT2D eigenvalue weighted by atomic mass is 10.2. The summed E-state index contributed by atoms with van der Waals surface area (Å²) in [6.07, 6.45) is 2.86. The Morgan fingerprint density at radius 1 is 1.70 bits per heavy atom. The van der Waals surface area contributed by atoms with E-state index in [1.54, 1.807) is 6.26 Å². The Hall–Kier alpha value is -0.760. The summed E-state index contributed by atoms with van der Waals surface area (Å²) < 4.78 is 5.16. The number of nitrogens with two attached hydrogens (primary N) is 1. The second kappa shape index (κ2) is 1.86. The molecule has 1 aliphatic carbocycles. The quantitative estimate of drug-likeness (QED) is 0.635. The lowest BCUT2D eigenvalue weighted by Crippen LogP contribution is -2.00. The van der Waals surface area contributed by atoms with Gasteiger partial charge in [-0.25, -0.2) is 0 Å². The maximum absolute atomic E-state index is 5.68. The topological polar surface area (TPSA) is 39.2 Å². The zero-order chi connectivity index (χ0) is 7.14. The third-order valence-electron chi connectivity index (χ3n) is 2.14. The average molecular weight is 137 g/mol. The minimum absolute atomic E-state index is 0.385. The minimum Gasteiger partial charge on any atom is -0.469 e. The Bertz CT molecular complexity index is 241. The summed E-state index contributed by atoms with van der Waals surface area (Å²) in [6.45, 7) is 1.99. The van der Waals surface area contributed by atoms with Crippen LogP contribution in [0.15, 0.2) is 16.7 Å². The van der Waals surface area contributed by atoms with Crippen molar-refractivity contribution in [1.29, 1.82) is 0 Å². The molecule has 1 aliphatic rings. The van der Waals surface area contributed by atoms with Gasteiger partial charge in [-0.05, 0) is 25.0 Å². The van der Waals surface area contributed by atoms with E-state index in [2.05, 4.69) is 0 Å². The largest absolute Gasteiger partial charge is 0.469 e. The zero-order valence-corrected chi connectivity index (χ0v) is 6.00. The molecular formula is C8H11NO. The lowest BCUT2D eigenvalue weighted by molar-refractivity contribution is 0.529. The first-order valence-corrected chi connectivity index (χ1v) is 3.58. The van der Waals surface area contributed by atoms with Gasteiger partial charge in [0.15, 0.2) is 0 Å². The molecule has 0 radical (unpaired) electrons. The summed E-state index contributed by atoms with van der Waals surface area (Å²) in [4.78, 5) is 0. The van der Waals surface area contributed by atoms with Crippen LogP contribution in [0.1, 0.15) is 23.7 Å². The van der Waals surface area contributed by atoms with Gasteiger partial charge in [-0.3, -0.25) is 0 Å². The fourth-order valence-electron chi connectivity index (χ4n) is 1.35. The first-order chi connectivity index (χ1) is 4.79. The fraction of sp³-hybridized carbons (Fsp3) is 0.500. The Kier molecular flexibility index (Phi) is 1.11. The number of hydrogen-bond acceptors (Lipinski definition) is 2. The monoisotopic (exact) mass is 137 g/mol. The van der Waals surface area contributed by atoms with Crippen molar-refractivity contribution in [3.63, 3.8) is 0 Å². The number of furan rings is 1. The molecule has 0 aromatic carbocycles. The highest BCUT2D eigenvalue weighted by molar-refractivity contribution is 5.28. The molecule has 2 heteroatoms. The minimum atomic E-state index is 0.385. The van der Waals surface area contributed by atoms with E-state index < -0.39 is 0 Å². The first kappa shape index (κ1) is 5.98. The normalized spacial score (nSPS) is 30.6. The van der Waals surface area contributed by atoms with Gasteiger partial charge in [0.25, 0.3) is 0 Å². The predicted molar refractivity (Wildman–Crippen MR) is 38.8 cm³/mol. The van der Waals surface area contributed by atoms with Crippen LogP contribution in [0.5, 0.6) is 0 Å². The van der Waals surface area contributed by atoms with Crippen molar-refractivity contribution >= 4 is 0 Å². The van der Waals surface area contributed by atoms with Gasteiger partial charge in [0.2, 0.25) is 0 Å². The van der Waals surface area contributed by atoms with Gasteiger partial charge in [-0.2, -0.15) is 0 Å². The molecule has 0 amide bonds. The first-order valence-electron chi connectivity index (χ1n) is 3.58. The van der Waals surface area contributed by atoms with Crippen molar-refractivity contribution in [3.8, 4) is 0 Å². The maximum atomic E-state index is 5.68. The molecule has 0 aliphatic heterocycles. The highest BCUT2D eigenvalue weighted by atomic mass is 16.3. The Morgan fingerprint density at radius 2 is 2.40 bits per heavy atom. The van der Waals surface area contributed by atoms with Crippen LogP contribution in [-0.2, 0) is 0 Å². The molecule has 0 bridgehead atoms. The van der Waals surface area contributed by atoms with Crippen molar-refractivity contribution in [2.45, 2.75) is 25.3 Å². The molecule has 2 atom stereocenters. The van der Waals surface area contributed by atoms with Gasteiger partial charge >= 0.3 is 0 Å². The standard InChI is InChI=1S/C8H11NO/c1-5-6(2-3-10-5)7-4-8(7)9/h2-3,7-8H,4,9H2,1H3. The maximum Gasteiger partial charge on any atom is 0.104 e. The highest BCUT2D eigenvalue weighted by Crippen LogP contribution is 2.40. The van der Waals surface area contributed by atoms with Gasteiger partial charge < -0.3 is 10.2 Å². The van der Waals surface area contributed by atoms with E-state index >= 15 is 0 Å². The highest BCUT2D eigenvalue weighted by Gasteiger charge is 2.36. The van der Waals surface area contributed by atoms with E-state index in [1.165, 1.54) is 5.56 Å². The van der Waals surface area contributed by atoms with Crippen LogP contribution in [0.2, 0.25) is 0 Å². The van der Waals surface area contributed by atoms with Crippen molar-refractivity contribution in [3.05, 3.63) is 23.7 Å². The summed E-state index contributed by atoms with van der Waals surface area (Å²) in [7, 11) is 0. The number of aryl methyl sites for hydroxylation is 1. The van der Waals surface area contributed by atoms with E-state index in [0.717, 1.165) is 12.2 Å². The summed E-state index contributed by atoms with van der Waals surface area (Å²) >= 11 is 0. The molecule has 2 unspecified atom stereocenters. The van der Waals surface area contributed by atoms with Crippen LogP contribution in [0.4, 0.5) is 0 Å². The third kappa shape index (κ3) is 0.762.